The second-order valence-corrected chi connectivity index (χ2v) is 11.6. The van der Waals surface area contributed by atoms with Crippen molar-refractivity contribution in [1.82, 2.24) is 20.1 Å². The monoisotopic (exact) mass is 595 g/mol. The van der Waals surface area contributed by atoms with Crippen molar-refractivity contribution in [3.8, 4) is 11.6 Å². The predicted octanol–water partition coefficient (Wildman–Crippen LogP) is 5.75. The molecular formula is C28H27F6N5O3. The first-order valence-corrected chi connectivity index (χ1v) is 13.6. The fraction of sp³-hybridized carbons (Fsp3) is 0.500. The lowest BCUT2D eigenvalue weighted by Gasteiger charge is -2.62. The summed E-state index contributed by atoms with van der Waals surface area (Å²) in [5, 5.41) is 17.4. The summed E-state index contributed by atoms with van der Waals surface area (Å²) in [6.45, 7) is -0.113. The Balaban J connectivity index is 1.39. The van der Waals surface area contributed by atoms with E-state index in [2.05, 4.69) is 15.2 Å². The zero-order chi connectivity index (χ0) is 30.1. The summed E-state index contributed by atoms with van der Waals surface area (Å²) in [6.07, 6.45) is -7.45. The number of halogens is 6. The molecule has 1 aromatic carbocycles. The van der Waals surface area contributed by atoms with E-state index in [1.807, 2.05) is 24.3 Å². The number of anilines is 1. The summed E-state index contributed by atoms with van der Waals surface area (Å²) in [5.74, 6) is -2.21. The van der Waals surface area contributed by atoms with Crippen molar-refractivity contribution in [3.63, 3.8) is 0 Å². The molecule has 7 rings (SSSR count). The molecule has 42 heavy (non-hydrogen) atoms. The molecule has 0 saturated heterocycles. The van der Waals surface area contributed by atoms with Crippen LogP contribution in [0.2, 0.25) is 0 Å². The molecule has 3 fully saturated rings. The Morgan fingerprint density at radius 3 is 2.29 bits per heavy atom. The summed E-state index contributed by atoms with van der Waals surface area (Å²) in [6, 6.07) is 8.10. The molecule has 0 unspecified atom stereocenters. The normalized spacial score (nSPS) is 26.3. The van der Waals surface area contributed by atoms with Gasteiger partial charge in [-0.3, -0.25) is 4.79 Å². The summed E-state index contributed by atoms with van der Waals surface area (Å²) in [7, 11) is 0. The fourth-order valence-corrected chi connectivity index (χ4v) is 6.21. The Hall–Kier alpha value is -3.68. The highest BCUT2D eigenvalue weighted by Gasteiger charge is 2.59. The second kappa shape index (κ2) is 9.68. The Morgan fingerprint density at radius 2 is 1.69 bits per heavy atom. The average molecular weight is 596 g/mol. The number of rotatable bonds is 3. The minimum Gasteiger partial charge on any atom is -0.416 e. The molecule has 3 N–H and O–H groups in total. The van der Waals surface area contributed by atoms with E-state index in [1.54, 1.807) is 0 Å². The van der Waals surface area contributed by atoms with Crippen LogP contribution >= 0.6 is 0 Å². The number of alkyl halides is 6. The molecule has 1 amide bonds. The first kappa shape index (κ1) is 28.4. The zero-order valence-corrected chi connectivity index (χ0v) is 22.2. The maximum Gasteiger partial charge on any atom is 0.426 e. The number of nitrogen functional groups attached to an aromatic ring is 1. The number of fused-ring (bicyclic) bond motifs is 5. The van der Waals surface area contributed by atoms with E-state index in [4.69, 9.17) is 10.2 Å². The van der Waals surface area contributed by atoms with Gasteiger partial charge in [0, 0.05) is 13.1 Å². The Labute approximate surface area is 235 Å². The SMILES string of the molecule is Nc1cc(C(F)(F)F)c2nc1-c1nnc(o1)[C@@](O)(C(F)(F)F)CCCCCN(Cc1ccc(C34CC(C3)C4)cc1)C2=O. The zero-order valence-electron chi connectivity index (χ0n) is 22.2. The third-order valence-electron chi connectivity index (χ3n) is 8.74. The quantitative estimate of drug-likeness (QED) is 0.370. The molecule has 1 aliphatic heterocycles. The largest absolute Gasteiger partial charge is 0.426 e. The summed E-state index contributed by atoms with van der Waals surface area (Å²) in [4.78, 5) is 18.7. The van der Waals surface area contributed by atoms with Gasteiger partial charge in [0.1, 0.15) is 5.69 Å². The van der Waals surface area contributed by atoms with Gasteiger partial charge in [-0.15, -0.1) is 10.2 Å². The van der Waals surface area contributed by atoms with Crippen molar-refractivity contribution in [3.05, 3.63) is 58.6 Å². The van der Waals surface area contributed by atoms with Gasteiger partial charge < -0.3 is 20.2 Å². The molecule has 8 nitrogen and oxygen atoms in total. The lowest BCUT2D eigenvalue weighted by molar-refractivity contribution is -0.277. The summed E-state index contributed by atoms with van der Waals surface area (Å²) < 4.78 is 89.2. The van der Waals surface area contributed by atoms with E-state index in [0.717, 1.165) is 25.2 Å². The van der Waals surface area contributed by atoms with E-state index in [0.29, 0.717) is 11.6 Å². The molecule has 2 aromatic heterocycles. The number of carbonyl (C=O) groups excluding carboxylic acids is 1. The van der Waals surface area contributed by atoms with Gasteiger partial charge in [0.25, 0.3) is 17.7 Å². The molecule has 1 atom stereocenters. The molecule has 224 valence electrons. The highest BCUT2D eigenvalue weighted by molar-refractivity contribution is 5.95. The van der Waals surface area contributed by atoms with Crippen molar-refractivity contribution in [1.29, 1.82) is 0 Å². The number of carbonyl (C=O) groups is 1. The molecule has 0 spiro atoms. The smallest absolute Gasteiger partial charge is 0.416 e. The maximum absolute atomic E-state index is 14.1. The third-order valence-corrected chi connectivity index (χ3v) is 8.74. The second-order valence-electron chi connectivity index (χ2n) is 11.6. The van der Waals surface area contributed by atoms with Gasteiger partial charge in [-0.1, -0.05) is 30.7 Å². The Kier molecular flexibility index (Phi) is 6.55. The fourth-order valence-electron chi connectivity index (χ4n) is 6.21. The lowest BCUT2D eigenvalue weighted by atomic mass is 9.42. The van der Waals surface area contributed by atoms with Crippen molar-refractivity contribution in [2.24, 2.45) is 5.92 Å². The van der Waals surface area contributed by atoms with Crippen LogP contribution in [-0.4, -0.2) is 43.8 Å². The van der Waals surface area contributed by atoms with E-state index < -0.39 is 64.7 Å². The number of aliphatic hydroxyl groups is 1. The standard InChI is InChI=1S/C28H27F6N5O3/c29-27(30,31)18-10-19(35)21-22-37-38-24(42-22)26(41,28(32,33)34)8-2-1-3-9-39(23(40)20(18)36-21)14-15-4-6-17(7-5-15)25-11-16(12-25)13-25/h4-7,10,16,41H,1-3,8-9,11-14,35H2/t16?,25?,26-/m1/s1. The highest BCUT2D eigenvalue weighted by atomic mass is 19.4. The average Bonchev–Trinajstić information content (AvgIpc) is 3.35. The summed E-state index contributed by atoms with van der Waals surface area (Å²) >= 11 is 0. The van der Waals surface area contributed by atoms with Crippen LogP contribution in [0.5, 0.6) is 0 Å². The van der Waals surface area contributed by atoms with Crippen LogP contribution < -0.4 is 5.73 Å². The minimum atomic E-state index is -5.19. The Morgan fingerprint density at radius 1 is 1.00 bits per heavy atom. The van der Waals surface area contributed by atoms with Crippen LogP contribution in [0.25, 0.3) is 11.6 Å². The maximum atomic E-state index is 14.1. The molecule has 14 heteroatoms. The lowest BCUT2D eigenvalue weighted by Crippen LogP contribution is -2.55. The van der Waals surface area contributed by atoms with E-state index in [-0.39, 0.29) is 37.8 Å². The number of hydrogen-bond donors (Lipinski definition) is 2. The summed E-state index contributed by atoms with van der Waals surface area (Å²) in [5.41, 5.74) is 0.728. The Bertz CT molecular complexity index is 1500. The molecule has 3 saturated carbocycles. The number of nitrogens with zero attached hydrogens (tertiary/aromatic N) is 4. The number of pyridine rings is 1. The number of aromatic nitrogens is 3. The molecule has 3 aromatic rings. The number of nitrogens with two attached hydrogens (primary N) is 1. The van der Waals surface area contributed by atoms with E-state index in [9.17, 15) is 36.2 Å². The molecule has 3 aliphatic carbocycles. The van der Waals surface area contributed by atoms with Gasteiger partial charge >= 0.3 is 12.4 Å². The van der Waals surface area contributed by atoms with E-state index in [1.165, 1.54) is 10.5 Å². The van der Waals surface area contributed by atoms with E-state index >= 15 is 0 Å². The molecule has 3 heterocycles. The van der Waals surface area contributed by atoms with Crippen LogP contribution in [0.1, 0.15) is 78.0 Å². The first-order valence-electron chi connectivity index (χ1n) is 13.6. The van der Waals surface area contributed by atoms with Gasteiger partial charge in [0.05, 0.1) is 11.3 Å². The number of hydrogen-bond acceptors (Lipinski definition) is 7. The van der Waals surface area contributed by atoms with Crippen LogP contribution in [0.15, 0.2) is 34.7 Å². The topological polar surface area (TPSA) is 118 Å². The number of benzene rings is 1. The first-order chi connectivity index (χ1) is 19.7. The highest BCUT2D eigenvalue weighted by Crippen LogP contribution is 2.65. The molecule has 4 aliphatic rings. The number of amides is 1. The van der Waals surface area contributed by atoms with Crippen LogP contribution in [-0.2, 0) is 23.7 Å². The van der Waals surface area contributed by atoms with Crippen LogP contribution in [0.4, 0.5) is 32.0 Å². The van der Waals surface area contributed by atoms with Crippen LogP contribution in [0, 0.1) is 5.92 Å². The van der Waals surface area contributed by atoms with Crippen molar-refractivity contribution in [2.45, 2.75) is 74.9 Å². The van der Waals surface area contributed by atoms with Gasteiger partial charge in [0.2, 0.25) is 5.60 Å². The van der Waals surface area contributed by atoms with Gasteiger partial charge in [-0.05, 0) is 67.1 Å². The van der Waals surface area contributed by atoms with Crippen molar-refractivity contribution in [2.75, 3.05) is 12.3 Å². The molecular weight excluding hydrogens is 568 g/mol. The molecule has 0 radical (unpaired) electrons. The molecule has 6 bridgehead atoms. The van der Waals surface area contributed by atoms with Gasteiger partial charge in [-0.2, -0.15) is 26.3 Å². The van der Waals surface area contributed by atoms with Crippen molar-refractivity contribution < 1.29 is 40.7 Å². The van der Waals surface area contributed by atoms with Gasteiger partial charge in [0.15, 0.2) is 5.69 Å². The van der Waals surface area contributed by atoms with Crippen molar-refractivity contribution >= 4 is 11.6 Å². The predicted molar refractivity (Wildman–Crippen MR) is 136 cm³/mol. The third kappa shape index (κ3) is 4.69. The van der Waals surface area contributed by atoms with Crippen LogP contribution in [0.3, 0.4) is 0 Å². The minimum absolute atomic E-state index is 0.0510. The van der Waals surface area contributed by atoms with Gasteiger partial charge in [-0.25, -0.2) is 4.98 Å².